The molecule has 3 heteroatoms. The first-order valence-electron chi connectivity index (χ1n) is 5.10. The summed E-state index contributed by atoms with van der Waals surface area (Å²) in [5.74, 6) is 2.59. The molecule has 1 aromatic rings. The quantitative estimate of drug-likeness (QED) is 0.626. The van der Waals surface area contributed by atoms with Crippen molar-refractivity contribution in [3.63, 3.8) is 0 Å². The van der Waals surface area contributed by atoms with E-state index in [1.807, 2.05) is 6.07 Å². The first-order chi connectivity index (χ1) is 7.77. The molecule has 0 atom stereocenters. The van der Waals surface area contributed by atoms with Crippen molar-refractivity contribution in [2.45, 2.75) is 19.4 Å². The summed E-state index contributed by atoms with van der Waals surface area (Å²) in [5.41, 5.74) is 1.59. The van der Waals surface area contributed by atoms with Gasteiger partial charge in [0.05, 0.1) is 11.6 Å². The molecule has 0 unspecified atom stereocenters. The van der Waals surface area contributed by atoms with Gasteiger partial charge in [-0.2, -0.15) is 5.26 Å². The van der Waals surface area contributed by atoms with Crippen molar-refractivity contribution in [1.82, 2.24) is 5.32 Å². The normalized spacial score (nSPS) is 9.44. The Morgan fingerprint density at radius 2 is 2.25 bits per heavy atom. The second-order valence-electron chi connectivity index (χ2n) is 3.40. The predicted molar refractivity (Wildman–Crippen MR) is 65.9 cm³/mol. The van der Waals surface area contributed by atoms with Crippen molar-refractivity contribution < 1.29 is 0 Å². The molecule has 16 heavy (non-hydrogen) atoms. The molecule has 82 valence electrons. The van der Waals surface area contributed by atoms with E-state index in [9.17, 15) is 0 Å². The first-order valence-corrected chi connectivity index (χ1v) is 5.48. The van der Waals surface area contributed by atoms with Crippen molar-refractivity contribution in [2.75, 3.05) is 6.54 Å². The molecule has 0 bridgehead atoms. The largest absolute Gasteiger partial charge is 0.313 e. The molecule has 0 saturated carbocycles. The molecule has 0 spiro atoms. The highest BCUT2D eigenvalue weighted by Crippen LogP contribution is 2.17. The third kappa shape index (κ3) is 3.95. The maximum Gasteiger partial charge on any atom is 0.0992 e. The highest BCUT2D eigenvalue weighted by atomic mass is 35.5. The average molecular weight is 233 g/mol. The lowest BCUT2D eigenvalue weighted by Gasteiger charge is -2.06. The van der Waals surface area contributed by atoms with Crippen LogP contribution in [0.5, 0.6) is 0 Å². The van der Waals surface area contributed by atoms with Crippen LogP contribution in [0, 0.1) is 23.7 Å². The van der Waals surface area contributed by atoms with Crippen molar-refractivity contribution in [2.24, 2.45) is 0 Å². The number of hydrogen-bond acceptors (Lipinski definition) is 2. The number of benzene rings is 1. The number of rotatable bonds is 5. The van der Waals surface area contributed by atoms with Crippen molar-refractivity contribution in [3.8, 4) is 18.4 Å². The van der Waals surface area contributed by atoms with Crippen LogP contribution in [0.15, 0.2) is 18.2 Å². The van der Waals surface area contributed by atoms with Crippen LogP contribution in [-0.4, -0.2) is 6.54 Å². The highest BCUT2D eigenvalue weighted by molar-refractivity contribution is 6.31. The Bertz CT molecular complexity index is 427. The molecule has 0 aliphatic carbocycles. The molecule has 0 fully saturated rings. The molecule has 0 aliphatic rings. The summed E-state index contributed by atoms with van der Waals surface area (Å²) in [5, 5.41) is 12.6. The van der Waals surface area contributed by atoms with E-state index in [1.54, 1.807) is 12.1 Å². The number of terminal acetylenes is 1. The van der Waals surface area contributed by atoms with Gasteiger partial charge in [-0.15, -0.1) is 12.3 Å². The monoisotopic (exact) mass is 232 g/mol. The summed E-state index contributed by atoms with van der Waals surface area (Å²) in [6, 6.07) is 7.37. The predicted octanol–water partition coefficient (Wildman–Crippen LogP) is 2.71. The van der Waals surface area contributed by atoms with Crippen LogP contribution in [0.2, 0.25) is 5.02 Å². The molecular formula is C13H13ClN2. The second-order valence-corrected chi connectivity index (χ2v) is 3.81. The van der Waals surface area contributed by atoms with Crippen molar-refractivity contribution >= 4 is 11.6 Å². The fraction of sp³-hybridized carbons (Fsp3) is 0.308. The molecule has 1 N–H and O–H groups in total. The number of unbranched alkanes of at least 4 members (excludes halogenated alkanes) is 1. The van der Waals surface area contributed by atoms with E-state index in [1.165, 1.54) is 0 Å². The molecule has 1 aromatic carbocycles. The summed E-state index contributed by atoms with van der Waals surface area (Å²) >= 11 is 6.02. The summed E-state index contributed by atoms with van der Waals surface area (Å²) in [4.78, 5) is 0. The average Bonchev–Trinajstić information content (AvgIpc) is 2.30. The van der Waals surface area contributed by atoms with E-state index in [2.05, 4.69) is 17.3 Å². The van der Waals surface area contributed by atoms with Gasteiger partial charge in [0.1, 0.15) is 0 Å². The summed E-state index contributed by atoms with van der Waals surface area (Å²) in [6.07, 6.45) is 6.90. The number of nitriles is 1. The van der Waals surface area contributed by atoms with E-state index in [0.717, 1.165) is 24.9 Å². The molecular weight excluding hydrogens is 220 g/mol. The lowest BCUT2D eigenvalue weighted by molar-refractivity contribution is 0.659. The van der Waals surface area contributed by atoms with Gasteiger partial charge in [0.2, 0.25) is 0 Å². The smallest absolute Gasteiger partial charge is 0.0992 e. The Balaban J connectivity index is 2.43. The van der Waals surface area contributed by atoms with Crippen LogP contribution >= 0.6 is 11.6 Å². The maximum absolute atomic E-state index is 8.68. The standard InChI is InChI=1S/C13H13ClN2/c1-2-3-4-7-16-10-12-6-5-11(9-15)8-13(12)14/h1,5-6,8,16H,3-4,7,10H2. The Morgan fingerprint density at radius 3 is 2.88 bits per heavy atom. The number of nitrogens with zero attached hydrogens (tertiary/aromatic N) is 1. The van der Waals surface area contributed by atoms with E-state index < -0.39 is 0 Å². The third-order valence-electron chi connectivity index (χ3n) is 2.17. The molecule has 0 saturated heterocycles. The summed E-state index contributed by atoms with van der Waals surface area (Å²) in [7, 11) is 0. The van der Waals surface area contributed by atoms with Gasteiger partial charge in [-0.25, -0.2) is 0 Å². The number of halogens is 1. The fourth-order valence-electron chi connectivity index (χ4n) is 1.30. The molecule has 2 nitrogen and oxygen atoms in total. The minimum Gasteiger partial charge on any atom is -0.313 e. The van der Waals surface area contributed by atoms with Crippen LogP contribution in [0.1, 0.15) is 24.0 Å². The van der Waals surface area contributed by atoms with E-state index >= 15 is 0 Å². The zero-order chi connectivity index (χ0) is 11.8. The molecule has 1 rings (SSSR count). The lowest BCUT2D eigenvalue weighted by Crippen LogP contribution is -2.14. The minimum atomic E-state index is 0.584. The Hall–Kier alpha value is -1.48. The first kappa shape index (κ1) is 12.6. The molecule has 0 heterocycles. The molecule has 0 aromatic heterocycles. The second kappa shape index (κ2) is 6.90. The number of hydrogen-bond donors (Lipinski definition) is 1. The van der Waals surface area contributed by atoms with Gasteiger partial charge in [-0.1, -0.05) is 17.7 Å². The molecule has 0 radical (unpaired) electrons. The maximum atomic E-state index is 8.68. The van der Waals surface area contributed by atoms with Gasteiger partial charge in [0, 0.05) is 18.0 Å². The van der Waals surface area contributed by atoms with Crippen molar-refractivity contribution in [1.29, 1.82) is 5.26 Å². The van der Waals surface area contributed by atoms with Crippen molar-refractivity contribution in [3.05, 3.63) is 34.3 Å². The van der Waals surface area contributed by atoms with Crippen LogP contribution in [0.25, 0.3) is 0 Å². The van der Waals surface area contributed by atoms with E-state index in [0.29, 0.717) is 17.1 Å². The van der Waals surface area contributed by atoms with Crippen LogP contribution in [0.4, 0.5) is 0 Å². The topological polar surface area (TPSA) is 35.8 Å². The number of nitrogens with one attached hydrogen (secondary N) is 1. The fourth-order valence-corrected chi connectivity index (χ4v) is 1.55. The van der Waals surface area contributed by atoms with Gasteiger partial charge in [-0.05, 0) is 30.7 Å². The lowest BCUT2D eigenvalue weighted by atomic mass is 10.1. The zero-order valence-electron chi connectivity index (χ0n) is 8.96. The zero-order valence-corrected chi connectivity index (χ0v) is 9.72. The minimum absolute atomic E-state index is 0.584. The highest BCUT2D eigenvalue weighted by Gasteiger charge is 2.00. The van der Waals surface area contributed by atoms with E-state index in [4.69, 9.17) is 23.3 Å². The van der Waals surface area contributed by atoms with E-state index in [-0.39, 0.29) is 0 Å². The van der Waals surface area contributed by atoms with Gasteiger partial charge in [-0.3, -0.25) is 0 Å². The van der Waals surface area contributed by atoms with Crippen LogP contribution < -0.4 is 5.32 Å². The van der Waals surface area contributed by atoms with Crippen LogP contribution in [0.3, 0.4) is 0 Å². The Labute approximate surface area is 101 Å². The summed E-state index contributed by atoms with van der Waals surface area (Å²) < 4.78 is 0. The summed E-state index contributed by atoms with van der Waals surface area (Å²) in [6.45, 7) is 1.58. The van der Waals surface area contributed by atoms with Gasteiger partial charge >= 0.3 is 0 Å². The SMILES string of the molecule is C#CCCCNCc1ccc(C#N)cc1Cl. The molecule has 0 aliphatic heterocycles. The van der Waals surface area contributed by atoms with Gasteiger partial charge in [0.15, 0.2) is 0 Å². The molecule has 0 amide bonds. The van der Waals surface area contributed by atoms with Crippen LogP contribution in [-0.2, 0) is 6.54 Å². The van der Waals surface area contributed by atoms with Gasteiger partial charge in [0.25, 0.3) is 0 Å². The Morgan fingerprint density at radius 1 is 1.44 bits per heavy atom. The van der Waals surface area contributed by atoms with Gasteiger partial charge < -0.3 is 5.32 Å². The Kier molecular flexibility index (Phi) is 5.43. The third-order valence-corrected chi connectivity index (χ3v) is 2.52.